The van der Waals surface area contributed by atoms with Gasteiger partial charge in [0.15, 0.2) is 0 Å². The van der Waals surface area contributed by atoms with E-state index >= 15 is 0 Å². The fraction of sp³-hybridized carbons (Fsp3) is 0.150. The van der Waals surface area contributed by atoms with Crippen molar-refractivity contribution in [3.63, 3.8) is 0 Å². The molecule has 116 valence electrons. The number of fused-ring (bicyclic) bond motifs is 1. The molecule has 0 aliphatic rings. The topological polar surface area (TPSA) is 38.3 Å². The van der Waals surface area contributed by atoms with Crippen LogP contribution in [0.5, 0.6) is 5.75 Å². The molecule has 3 aromatic carbocycles. The van der Waals surface area contributed by atoms with E-state index in [2.05, 4.69) is 5.32 Å². The molecule has 0 spiro atoms. The van der Waals surface area contributed by atoms with E-state index in [1.165, 1.54) is 5.56 Å². The van der Waals surface area contributed by atoms with Crippen LogP contribution in [0.4, 0.5) is 5.69 Å². The summed E-state index contributed by atoms with van der Waals surface area (Å²) >= 11 is 0. The second-order valence-corrected chi connectivity index (χ2v) is 5.57. The number of rotatable bonds is 4. The maximum absolute atomic E-state index is 12.3. The number of benzene rings is 3. The van der Waals surface area contributed by atoms with Crippen LogP contribution in [0.25, 0.3) is 10.8 Å². The van der Waals surface area contributed by atoms with Gasteiger partial charge < -0.3 is 10.1 Å². The Kier molecular flexibility index (Phi) is 4.29. The molecule has 0 bridgehead atoms. The quantitative estimate of drug-likeness (QED) is 0.778. The summed E-state index contributed by atoms with van der Waals surface area (Å²) in [6.07, 6.45) is 0.362. The normalized spacial score (nSPS) is 10.5. The maximum Gasteiger partial charge on any atom is 0.228 e. The molecule has 0 aromatic heterocycles. The molecular weight excluding hydrogens is 286 g/mol. The monoisotopic (exact) mass is 305 g/mol. The van der Waals surface area contributed by atoms with Crippen molar-refractivity contribution in [2.24, 2.45) is 0 Å². The number of carbonyl (C=O) groups excluding carboxylic acids is 1. The van der Waals surface area contributed by atoms with Crippen molar-refractivity contribution >= 4 is 22.4 Å². The molecule has 0 radical (unpaired) electrons. The summed E-state index contributed by atoms with van der Waals surface area (Å²) in [7, 11) is 1.65. The summed E-state index contributed by atoms with van der Waals surface area (Å²) < 4.78 is 5.38. The largest absolute Gasteiger partial charge is 0.496 e. The third-order valence-electron chi connectivity index (χ3n) is 3.86. The number of hydrogen-bond acceptors (Lipinski definition) is 2. The highest BCUT2D eigenvalue weighted by atomic mass is 16.5. The number of aryl methyl sites for hydroxylation is 1. The third kappa shape index (κ3) is 3.34. The van der Waals surface area contributed by atoms with Crippen LogP contribution in [-0.4, -0.2) is 13.0 Å². The lowest BCUT2D eigenvalue weighted by Crippen LogP contribution is -2.14. The van der Waals surface area contributed by atoms with Crippen molar-refractivity contribution in [3.8, 4) is 5.75 Å². The highest BCUT2D eigenvalue weighted by Crippen LogP contribution is 2.31. The van der Waals surface area contributed by atoms with E-state index in [0.717, 1.165) is 27.8 Å². The molecule has 0 aliphatic carbocycles. The Bertz CT molecular complexity index is 838. The van der Waals surface area contributed by atoms with Crippen LogP contribution in [-0.2, 0) is 11.2 Å². The summed E-state index contributed by atoms with van der Waals surface area (Å²) in [4.78, 5) is 12.3. The zero-order chi connectivity index (χ0) is 16.2. The Morgan fingerprint density at radius 2 is 1.65 bits per heavy atom. The number of hydrogen-bond donors (Lipinski definition) is 1. The number of nitrogens with one attached hydrogen (secondary N) is 1. The van der Waals surface area contributed by atoms with Gasteiger partial charge >= 0.3 is 0 Å². The SMILES string of the molecule is COc1ccc(NC(=O)Cc2ccc(C)cc2)c2ccccc12. The van der Waals surface area contributed by atoms with Crippen molar-refractivity contribution in [2.45, 2.75) is 13.3 Å². The van der Waals surface area contributed by atoms with Gasteiger partial charge in [0.05, 0.1) is 13.5 Å². The first-order valence-corrected chi connectivity index (χ1v) is 7.58. The zero-order valence-corrected chi connectivity index (χ0v) is 13.3. The van der Waals surface area contributed by atoms with Crippen LogP contribution in [0.3, 0.4) is 0 Å². The van der Waals surface area contributed by atoms with E-state index in [0.29, 0.717) is 6.42 Å². The predicted molar refractivity (Wildman–Crippen MR) is 94.0 cm³/mol. The van der Waals surface area contributed by atoms with Crippen LogP contribution < -0.4 is 10.1 Å². The van der Waals surface area contributed by atoms with Crippen LogP contribution in [0, 0.1) is 6.92 Å². The standard InChI is InChI=1S/C20H19NO2/c1-14-7-9-15(10-8-14)13-20(22)21-18-11-12-19(23-2)17-6-4-3-5-16(17)18/h3-12H,13H2,1-2H3,(H,21,22). The molecule has 3 rings (SSSR count). The molecule has 0 fully saturated rings. The first-order valence-electron chi connectivity index (χ1n) is 7.58. The van der Waals surface area contributed by atoms with Crippen LogP contribution >= 0.6 is 0 Å². The smallest absolute Gasteiger partial charge is 0.228 e. The molecule has 0 saturated carbocycles. The molecule has 3 heteroatoms. The fourth-order valence-corrected chi connectivity index (χ4v) is 2.64. The average molecular weight is 305 g/mol. The lowest BCUT2D eigenvalue weighted by molar-refractivity contribution is -0.115. The number of anilines is 1. The van der Waals surface area contributed by atoms with E-state index in [1.54, 1.807) is 7.11 Å². The molecule has 1 amide bonds. The molecule has 0 unspecified atom stereocenters. The minimum Gasteiger partial charge on any atom is -0.496 e. The number of methoxy groups -OCH3 is 1. The van der Waals surface area contributed by atoms with Crippen molar-refractivity contribution in [3.05, 3.63) is 71.8 Å². The van der Waals surface area contributed by atoms with Crippen molar-refractivity contribution in [2.75, 3.05) is 12.4 Å². The lowest BCUT2D eigenvalue weighted by atomic mass is 10.1. The van der Waals surface area contributed by atoms with E-state index in [1.807, 2.05) is 67.6 Å². The molecule has 0 aliphatic heterocycles. The van der Waals surface area contributed by atoms with Crippen LogP contribution in [0.1, 0.15) is 11.1 Å². The van der Waals surface area contributed by atoms with E-state index in [9.17, 15) is 4.79 Å². The van der Waals surface area contributed by atoms with Gasteiger partial charge in [0.25, 0.3) is 0 Å². The Hall–Kier alpha value is -2.81. The van der Waals surface area contributed by atoms with Crippen LogP contribution in [0.15, 0.2) is 60.7 Å². The van der Waals surface area contributed by atoms with Gasteiger partial charge in [-0.2, -0.15) is 0 Å². The first kappa shape index (κ1) is 15.1. The molecule has 23 heavy (non-hydrogen) atoms. The third-order valence-corrected chi connectivity index (χ3v) is 3.86. The Morgan fingerprint density at radius 1 is 0.957 bits per heavy atom. The Balaban J connectivity index is 1.84. The fourth-order valence-electron chi connectivity index (χ4n) is 2.64. The maximum atomic E-state index is 12.3. The van der Waals surface area contributed by atoms with Gasteiger partial charge in [-0.25, -0.2) is 0 Å². The minimum atomic E-state index is -0.0239. The Labute approximate surface area is 135 Å². The van der Waals surface area contributed by atoms with Gasteiger partial charge in [0, 0.05) is 16.5 Å². The molecule has 0 saturated heterocycles. The number of ether oxygens (including phenoxy) is 1. The lowest BCUT2D eigenvalue weighted by Gasteiger charge is -2.12. The summed E-state index contributed by atoms with van der Waals surface area (Å²) in [6.45, 7) is 2.04. The van der Waals surface area contributed by atoms with Gasteiger partial charge in [-0.15, -0.1) is 0 Å². The van der Waals surface area contributed by atoms with E-state index < -0.39 is 0 Å². The number of carbonyl (C=O) groups is 1. The second-order valence-electron chi connectivity index (χ2n) is 5.57. The van der Waals surface area contributed by atoms with Crippen molar-refractivity contribution in [1.82, 2.24) is 0 Å². The van der Waals surface area contributed by atoms with Gasteiger partial charge in [-0.3, -0.25) is 4.79 Å². The highest BCUT2D eigenvalue weighted by molar-refractivity contribution is 6.04. The van der Waals surface area contributed by atoms with Crippen LogP contribution in [0.2, 0.25) is 0 Å². The second kappa shape index (κ2) is 6.53. The first-order chi connectivity index (χ1) is 11.2. The van der Waals surface area contributed by atoms with Gasteiger partial charge in [0.1, 0.15) is 5.75 Å². The summed E-state index contributed by atoms with van der Waals surface area (Å²) in [5.74, 6) is 0.779. The molecular formula is C20H19NO2. The molecule has 3 aromatic rings. The van der Waals surface area contributed by atoms with Gasteiger partial charge in [-0.05, 0) is 24.6 Å². The van der Waals surface area contributed by atoms with Gasteiger partial charge in [0.2, 0.25) is 5.91 Å². The Morgan fingerprint density at radius 3 is 2.35 bits per heavy atom. The molecule has 3 nitrogen and oxygen atoms in total. The summed E-state index contributed by atoms with van der Waals surface area (Å²) in [6, 6.07) is 19.7. The summed E-state index contributed by atoms with van der Waals surface area (Å²) in [5.41, 5.74) is 3.00. The molecule has 1 N–H and O–H groups in total. The molecule has 0 heterocycles. The number of amides is 1. The average Bonchev–Trinajstić information content (AvgIpc) is 2.57. The molecule has 0 atom stereocenters. The van der Waals surface area contributed by atoms with Crippen molar-refractivity contribution in [1.29, 1.82) is 0 Å². The highest BCUT2D eigenvalue weighted by Gasteiger charge is 2.09. The zero-order valence-electron chi connectivity index (χ0n) is 13.3. The van der Waals surface area contributed by atoms with Crippen molar-refractivity contribution < 1.29 is 9.53 Å². The van der Waals surface area contributed by atoms with E-state index in [4.69, 9.17) is 4.74 Å². The van der Waals surface area contributed by atoms with E-state index in [-0.39, 0.29) is 5.91 Å². The minimum absolute atomic E-state index is 0.0239. The summed E-state index contributed by atoms with van der Waals surface area (Å²) in [5, 5.41) is 4.97. The van der Waals surface area contributed by atoms with Gasteiger partial charge in [-0.1, -0.05) is 54.1 Å². The predicted octanol–water partition coefficient (Wildman–Crippen LogP) is 4.34.